The van der Waals surface area contributed by atoms with E-state index in [-0.39, 0.29) is 0 Å². The normalized spacial score (nSPS) is 10.8. The lowest BCUT2D eigenvalue weighted by Crippen LogP contribution is -1.91. The third-order valence-corrected chi connectivity index (χ3v) is 4.41. The zero-order chi connectivity index (χ0) is 17.2. The summed E-state index contributed by atoms with van der Waals surface area (Å²) in [5, 5.41) is 9.63. The molecule has 0 spiro atoms. The molecule has 1 heterocycles. The van der Waals surface area contributed by atoms with Crippen LogP contribution in [0.15, 0.2) is 66.9 Å². The maximum absolute atomic E-state index is 5.52. The lowest BCUT2D eigenvalue weighted by Gasteiger charge is -2.12. The van der Waals surface area contributed by atoms with Crippen molar-refractivity contribution in [2.24, 2.45) is 0 Å². The number of rotatable bonds is 4. The Kier molecular flexibility index (Phi) is 3.86. The van der Waals surface area contributed by atoms with Gasteiger partial charge in [-0.2, -0.15) is 5.10 Å². The third kappa shape index (κ3) is 2.52. The first-order chi connectivity index (χ1) is 12.3. The number of H-pyrrole nitrogens is 1. The summed E-state index contributed by atoms with van der Waals surface area (Å²) < 4.78 is 11.0. The van der Waals surface area contributed by atoms with E-state index in [0.29, 0.717) is 0 Å². The molecule has 0 saturated carbocycles. The van der Waals surface area contributed by atoms with Gasteiger partial charge < -0.3 is 9.47 Å². The molecule has 4 heteroatoms. The fourth-order valence-electron chi connectivity index (χ4n) is 3.23. The number of nitrogens with one attached hydrogen (secondary N) is 1. The Hall–Kier alpha value is -3.27. The van der Waals surface area contributed by atoms with Gasteiger partial charge in [0, 0.05) is 22.1 Å². The van der Waals surface area contributed by atoms with E-state index in [9.17, 15) is 0 Å². The quantitative estimate of drug-likeness (QED) is 0.578. The third-order valence-electron chi connectivity index (χ3n) is 4.41. The molecule has 3 aromatic carbocycles. The number of benzene rings is 3. The first-order valence-electron chi connectivity index (χ1n) is 8.06. The summed E-state index contributed by atoms with van der Waals surface area (Å²) in [5.41, 5.74) is 4.06. The van der Waals surface area contributed by atoms with Crippen LogP contribution in [0.25, 0.3) is 33.2 Å². The topological polar surface area (TPSA) is 47.1 Å². The Morgan fingerprint density at radius 1 is 0.680 bits per heavy atom. The van der Waals surface area contributed by atoms with Gasteiger partial charge in [0.05, 0.1) is 26.1 Å². The van der Waals surface area contributed by atoms with Gasteiger partial charge in [0.15, 0.2) is 0 Å². The second kappa shape index (κ2) is 6.32. The molecule has 0 aliphatic rings. The first-order valence-corrected chi connectivity index (χ1v) is 8.06. The van der Waals surface area contributed by atoms with Gasteiger partial charge in [0.25, 0.3) is 0 Å². The highest BCUT2D eigenvalue weighted by atomic mass is 16.5. The molecule has 0 aliphatic heterocycles. The van der Waals surface area contributed by atoms with Crippen LogP contribution in [0.3, 0.4) is 0 Å². The molecule has 0 amide bonds. The van der Waals surface area contributed by atoms with Crippen LogP contribution >= 0.6 is 0 Å². The lowest BCUT2D eigenvalue weighted by molar-refractivity contribution is 0.416. The molecule has 0 bridgehead atoms. The fraction of sp³-hybridized carbons (Fsp3) is 0.0952. The molecule has 0 unspecified atom stereocenters. The van der Waals surface area contributed by atoms with Gasteiger partial charge in [-0.1, -0.05) is 42.5 Å². The highest BCUT2D eigenvalue weighted by molar-refractivity contribution is 6.02. The molecule has 4 rings (SSSR count). The van der Waals surface area contributed by atoms with E-state index in [1.54, 1.807) is 14.2 Å². The largest absolute Gasteiger partial charge is 0.496 e. The predicted octanol–water partition coefficient (Wildman–Crippen LogP) is 4.91. The highest BCUT2D eigenvalue weighted by Gasteiger charge is 2.16. The number of para-hydroxylation sites is 1. The van der Waals surface area contributed by atoms with E-state index < -0.39 is 0 Å². The molecule has 0 radical (unpaired) electrons. The standard InChI is InChI=1S/C21H18N2O2/c1-24-19-10-6-5-9-16(19)18-13-22-23-21(18)17-11-12-20(25-2)15-8-4-3-7-14(15)17/h3-13H,1-2H3,(H,22,23). The summed E-state index contributed by atoms with van der Waals surface area (Å²) >= 11 is 0. The van der Waals surface area contributed by atoms with Gasteiger partial charge in [-0.05, 0) is 23.6 Å². The van der Waals surface area contributed by atoms with Crippen LogP contribution < -0.4 is 9.47 Å². The summed E-state index contributed by atoms with van der Waals surface area (Å²) in [7, 11) is 3.37. The van der Waals surface area contributed by atoms with E-state index in [2.05, 4.69) is 28.4 Å². The van der Waals surface area contributed by atoms with Gasteiger partial charge in [0.2, 0.25) is 0 Å². The van der Waals surface area contributed by atoms with E-state index in [0.717, 1.165) is 44.7 Å². The fourth-order valence-corrected chi connectivity index (χ4v) is 3.23. The second-order valence-corrected chi connectivity index (χ2v) is 5.72. The molecule has 0 atom stereocenters. The molecule has 25 heavy (non-hydrogen) atoms. The monoisotopic (exact) mass is 330 g/mol. The number of hydrogen-bond donors (Lipinski definition) is 1. The summed E-state index contributed by atoms with van der Waals surface area (Å²) in [5.74, 6) is 1.68. The highest BCUT2D eigenvalue weighted by Crippen LogP contribution is 2.40. The Morgan fingerprint density at radius 2 is 1.40 bits per heavy atom. The first kappa shape index (κ1) is 15.3. The van der Waals surface area contributed by atoms with Gasteiger partial charge >= 0.3 is 0 Å². The number of fused-ring (bicyclic) bond motifs is 1. The van der Waals surface area contributed by atoms with Crippen molar-refractivity contribution >= 4 is 10.8 Å². The van der Waals surface area contributed by atoms with Crippen LogP contribution in [-0.4, -0.2) is 24.4 Å². The zero-order valence-electron chi connectivity index (χ0n) is 14.1. The van der Waals surface area contributed by atoms with Crippen molar-refractivity contribution in [3.63, 3.8) is 0 Å². The van der Waals surface area contributed by atoms with E-state index in [1.165, 1.54) is 0 Å². The number of hydrogen-bond acceptors (Lipinski definition) is 3. The van der Waals surface area contributed by atoms with Crippen molar-refractivity contribution in [1.82, 2.24) is 10.2 Å². The SMILES string of the molecule is COc1ccccc1-c1cn[nH]c1-c1ccc(OC)c2ccccc12. The molecule has 0 saturated heterocycles. The zero-order valence-corrected chi connectivity index (χ0v) is 14.1. The molecule has 124 valence electrons. The Morgan fingerprint density at radius 3 is 2.20 bits per heavy atom. The number of aromatic amines is 1. The molecule has 4 aromatic rings. The number of methoxy groups -OCH3 is 2. The van der Waals surface area contributed by atoms with Crippen LogP contribution in [0, 0.1) is 0 Å². The van der Waals surface area contributed by atoms with Crippen LogP contribution in [0.1, 0.15) is 0 Å². The molecule has 4 nitrogen and oxygen atoms in total. The van der Waals surface area contributed by atoms with Crippen LogP contribution in [0.4, 0.5) is 0 Å². The molecule has 0 fully saturated rings. The smallest absolute Gasteiger partial charge is 0.126 e. The Labute approximate surface area is 146 Å². The van der Waals surface area contributed by atoms with E-state index in [1.807, 2.05) is 48.7 Å². The molecular formula is C21H18N2O2. The van der Waals surface area contributed by atoms with Crippen molar-refractivity contribution in [2.45, 2.75) is 0 Å². The maximum Gasteiger partial charge on any atom is 0.126 e. The van der Waals surface area contributed by atoms with Gasteiger partial charge in [0.1, 0.15) is 11.5 Å². The van der Waals surface area contributed by atoms with Crippen molar-refractivity contribution in [3.8, 4) is 33.9 Å². The number of nitrogens with zero attached hydrogens (tertiary/aromatic N) is 1. The summed E-state index contributed by atoms with van der Waals surface area (Å²) in [4.78, 5) is 0. The number of ether oxygens (including phenoxy) is 2. The molecule has 1 N–H and O–H groups in total. The van der Waals surface area contributed by atoms with Crippen LogP contribution in [0.2, 0.25) is 0 Å². The summed E-state index contributed by atoms with van der Waals surface area (Å²) in [6.07, 6.45) is 1.84. The minimum Gasteiger partial charge on any atom is -0.496 e. The minimum atomic E-state index is 0.822. The van der Waals surface area contributed by atoms with Crippen LogP contribution in [-0.2, 0) is 0 Å². The molecule has 0 aliphatic carbocycles. The van der Waals surface area contributed by atoms with E-state index in [4.69, 9.17) is 9.47 Å². The van der Waals surface area contributed by atoms with Crippen molar-refractivity contribution in [2.75, 3.05) is 14.2 Å². The number of aromatic nitrogens is 2. The van der Waals surface area contributed by atoms with E-state index >= 15 is 0 Å². The van der Waals surface area contributed by atoms with Crippen LogP contribution in [0.5, 0.6) is 11.5 Å². The summed E-state index contributed by atoms with van der Waals surface area (Å²) in [6.45, 7) is 0. The van der Waals surface area contributed by atoms with Crippen molar-refractivity contribution in [3.05, 3.63) is 66.9 Å². The average molecular weight is 330 g/mol. The van der Waals surface area contributed by atoms with Crippen molar-refractivity contribution in [1.29, 1.82) is 0 Å². The summed E-state index contributed by atoms with van der Waals surface area (Å²) in [6, 6.07) is 20.2. The maximum atomic E-state index is 5.52. The van der Waals surface area contributed by atoms with Gasteiger partial charge in [-0.25, -0.2) is 0 Å². The molecule has 1 aromatic heterocycles. The Bertz CT molecular complexity index is 1040. The second-order valence-electron chi connectivity index (χ2n) is 5.72. The minimum absolute atomic E-state index is 0.822. The predicted molar refractivity (Wildman–Crippen MR) is 100 cm³/mol. The van der Waals surface area contributed by atoms with Gasteiger partial charge in [-0.15, -0.1) is 0 Å². The lowest BCUT2D eigenvalue weighted by atomic mass is 9.96. The average Bonchev–Trinajstić information content (AvgIpc) is 3.16. The Balaban J connectivity index is 1.97. The molecular weight excluding hydrogens is 312 g/mol. The van der Waals surface area contributed by atoms with Crippen molar-refractivity contribution < 1.29 is 9.47 Å². The van der Waals surface area contributed by atoms with Gasteiger partial charge in [-0.3, -0.25) is 5.10 Å².